The van der Waals surface area contributed by atoms with Crippen LogP contribution in [0.2, 0.25) is 0 Å². The highest BCUT2D eigenvalue weighted by Gasteiger charge is 2.18. The van der Waals surface area contributed by atoms with Crippen molar-refractivity contribution in [2.45, 2.75) is 12.8 Å². The molecule has 0 fully saturated rings. The Morgan fingerprint density at radius 2 is 2.35 bits per heavy atom. The van der Waals surface area contributed by atoms with E-state index in [0.29, 0.717) is 0 Å². The van der Waals surface area contributed by atoms with Crippen LogP contribution in [0.1, 0.15) is 23.2 Å². The summed E-state index contributed by atoms with van der Waals surface area (Å²) < 4.78 is 29.4. The molecule has 5 nitrogen and oxygen atoms in total. The van der Waals surface area contributed by atoms with Gasteiger partial charge in [-0.15, -0.1) is 0 Å². The van der Waals surface area contributed by atoms with Crippen LogP contribution in [0.3, 0.4) is 0 Å². The van der Waals surface area contributed by atoms with E-state index in [1.54, 1.807) is 6.07 Å². The minimum Gasteiger partial charge on any atom is -0.469 e. The molecule has 90 valence electrons. The summed E-state index contributed by atoms with van der Waals surface area (Å²) in [5, 5.41) is 8.69. The first kappa shape index (κ1) is 12.8. The van der Waals surface area contributed by atoms with Crippen molar-refractivity contribution in [3.8, 4) is 6.07 Å². The molecule has 0 aliphatic heterocycles. The fourth-order valence-corrected chi connectivity index (χ4v) is 1.21. The standard InChI is InChI=1S/C10H9F2N3O2/c1-17-7(16)3-5-2-6(4-13)8(9(11)12)15-10(5)14/h2,9H,3H2,1H3,(H2,14,15). The molecule has 1 rings (SSSR count). The second kappa shape index (κ2) is 5.21. The number of hydrogen-bond donors (Lipinski definition) is 1. The van der Waals surface area contributed by atoms with Gasteiger partial charge >= 0.3 is 5.97 Å². The topological polar surface area (TPSA) is 89.0 Å². The predicted octanol–water partition coefficient (Wildman–Crippen LogP) is 1.19. The Balaban J connectivity index is 3.19. The fraction of sp³-hybridized carbons (Fsp3) is 0.300. The Hall–Kier alpha value is -2.23. The van der Waals surface area contributed by atoms with E-state index < -0.39 is 18.1 Å². The molecule has 0 aliphatic carbocycles. The monoisotopic (exact) mass is 241 g/mol. The molecule has 0 aliphatic rings. The minimum absolute atomic E-state index is 0.192. The highest BCUT2D eigenvalue weighted by molar-refractivity contribution is 5.74. The molecule has 1 aromatic rings. The maximum Gasteiger partial charge on any atom is 0.310 e. The first-order valence-corrected chi connectivity index (χ1v) is 4.54. The maximum absolute atomic E-state index is 12.5. The number of esters is 1. The maximum atomic E-state index is 12.5. The number of anilines is 1. The zero-order valence-corrected chi connectivity index (χ0v) is 8.91. The lowest BCUT2D eigenvalue weighted by atomic mass is 10.1. The molecule has 0 saturated carbocycles. The van der Waals surface area contributed by atoms with Gasteiger partial charge in [0, 0.05) is 5.56 Å². The predicted molar refractivity (Wildman–Crippen MR) is 54.0 cm³/mol. The van der Waals surface area contributed by atoms with Crippen LogP contribution in [0.15, 0.2) is 6.07 Å². The summed E-state index contributed by atoms with van der Waals surface area (Å²) in [5.74, 6) is -0.795. The van der Waals surface area contributed by atoms with E-state index in [0.717, 1.165) is 6.07 Å². The number of halogens is 2. The van der Waals surface area contributed by atoms with Crippen LogP contribution in [-0.2, 0) is 16.0 Å². The molecule has 17 heavy (non-hydrogen) atoms. The van der Waals surface area contributed by atoms with Crippen molar-refractivity contribution in [2.75, 3.05) is 12.8 Å². The molecule has 0 spiro atoms. The number of nitrogens with two attached hydrogens (primary N) is 1. The number of nitrogens with zero attached hydrogens (tertiary/aromatic N) is 2. The van der Waals surface area contributed by atoms with Crippen LogP contribution in [0, 0.1) is 11.3 Å². The van der Waals surface area contributed by atoms with Gasteiger partial charge in [-0.2, -0.15) is 5.26 Å². The Bertz CT molecular complexity index is 483. The van der Waals surface area contributed by atoms with Crippen molar-refractivity contribution >= 4 is 11.8 Å². The van der Waals surface area contributed by atoms with Crippen LogP contribution in [0.4, 0.5) is 14.6 Å². The van der Waals surface area contributed by atoms with Crippen LogP contribution >= 0.6 is 0 Å². The largest absolute Gasteiger partial charge is 0.469 e. The third-order valence-corrected chi connectivity index (χ3v) is 2.05. The first-order valence-electron chi connectivity index (χ1n) is 4.54. The van der Waals surface area contributed by atoms with Gasteiger partial charge in [0.15, 0.2) is 0 Å². The van der Waals surface area contributed by atoms with Crippen molar-refractivity contribution in [1.82, 2.24) is 4.98 Å². The first-order chi connectivity index (χ1) is 7.99. The summed E-state index contributed by atoms with van der Waals surface area (Å²) in [7, 11) is 1.19. The number of alkyl halides is 2. The lowest BCUT2D eigenvalue weighted by molar-refractivity contribution is -0.139. The number of aromatic nitrogens is 1. The van der Waals surface area contributed by atoms with Gasteiger partial charge in [0.2, 0.25) is 0 Å². The molecule has 0 bridgehead atoms. The third-order valence-electron chi connectivity index (χ3n) is 2.05. The van der Waals surface area contributed by atoms with Gasteiger partial charge in [-0.05, 0) is 6.07 Å². The summed E-state index contributed by atoms with van der Waals surface area (Å²) in [6.45, 7) is 0. The number of carbonyl (C=O) groups is 1. The second-order valence-electron chi connectivity index (χ2n) is 3.13. The van der Waals surface area contributed by atoms with Crippen LogP contribution in [-0.4, -0.2) is 18.1 Å². The number of methoxy groups -OCH3 is 1. The summed E-state index contributed by atoms with van der Waals surface area (Å²) in [5.41, 5.74) is 4.64. The van der Waals surface area contributed by atoms with Gasteiger partial charge in [-0.25, -0.2) is 13.8 Å². The van der Waals surface area contributed by atoms with Crippen molar-refractivity contribution in [3.05, 3.63) is 22.9 Å². The Morgan fingerprint density at radius 3 is 2.82 bits per heavy atom. The van der Waals surface area contributed by atoms with Gasteiger partial charge < -0.3 is 10.5 Å². The highest BCUT2D eigenvalue weighted by atomic mass is 19.3. The number of hydrogen-bond acceptors (Lipinski definition) is 5. The second-order valence-corrected chi connectivity index (χ2v) is 3.13. The van der Waals surface area contributed by atoms with E-state index in [1.165, 1.54) is 7.11 Å². The van der Waals surface area contributed by atoms with Crippen LogP contribution < -0.4 is 5.73 Å². The van der Waals surface area contributed by atoms with E-state index in [-0.39, 0.29) is 23.4 Å². The average Bonchev–Trinajstić information content (AvgIpc) is 2.30. The lowest BCUT2D eigenvalue weighted by Crippen LogP contribution is -2.10. The number of rotatable bonds is 3. The summed E-state index contributed by atoms with van der Waals surface area (Å²) in [4.78, 5) is 14.4. The molecule has 0 unspecified atom stereocenters. The van der Waals surface area contributed by atoms with E-state index in [9.17, 15) is 13.6 Å². The molecular weight excluding hydrogens is 232 g/mol. The molecule has 1 aromatic heterocycles. The highest BCUT2D eigenvalue weighted by Crippen LogP contribution is 2.24. The van der Waals surface area contributed by atoms with Gasteiger partial charge in [-0.3, -0.25) is 4.79 Å². The van der Waals surface area contributed by atoms with Crippen LogP contribution in [0.5, 0.6) is 0 Å². The van der Waals surface area contributed by atoms with E-state index >= 15 is 0 Å². The normalized spacial score (nSPS) is 10.1. The number of nitriles is 1. The third kappa shape index (κ3) is 2.87. The number of ether oxygens (including phenoxy) is 1. The van der Waals surface area contributed by atoms with Gasteiger partial charge in [0.05, 0.1) is 19.1 Å². The van der Waals surface area contributed by atoms with Crippen molar-refractivity contribution in [1.29, 1.82) is 5.26 Å². The van der Waals surface area contributed by atoms with E-state index in [2.05, 4.69) is 9.72 Å². The van der Waals surface area contributed by atoms with E-state index in [4.69, 9.17) is 11.0 Å². The van der Waals surface area contributed by atoms with Crippen molar-refractivity contribution < 1.29 is 18.3 Å². The number of pyridine rings is 1. The molecule has 1 heterocycles. The van der Waals surface area contributed by atoms with Gasteiger partial charge in [-0.1, -0.05) is 0 Å². The smallest absolute Gasteiger partial charge is 0.310 e. The molecule has 7 heteroatoms. The Morgan fingerprint density at radius 1 is 1.71 bits per heavy atom. The quantitative estimate of drug-likeness (QED) is 0.803. The Kier molecular flexibility index (Phi) is 3.93. The van der Waals surface area contributed by atoms with Gasteiger partial charge in [0.1, 0.15) is 17.6 Å². The molecule has 0 atom stereocenters. The molecule has 0 amide bonds. The molecule has 0 aromatic carbocycles. The summed E-state index contributed by atoms with van der Waals surface area (Å²) in [6, 6.07) is 2.71. The fourth-order valence-electron chi connectivity index (χ4n) is 1.21. The number of carbonyl (C=O) groups excluding carboxylic acids is 1. The zero-order valence-electron chi connectivity index (χ0n) is 8.91. The number of nitrogen functional groups attached to an aromatic ring is 1. The molecular formula is C10H9F2N3O2. The molecule has 0 saturated heterocycles. The molecule has 0 radical (unpaired) electrons. The Labute approximate surface area is 95.8 Å². The van der Waals surface area contributed by atoms with E-state index in [1.807, 2.05) is 0 Å². The van der Waals surface area contributed by atoms with Crippen molar-refractivity contribution in [3.63, 3.8) is 0 Å². The minimum atomic E-state index is -2.89. The zero-order chi connectivity index (χ0) is 13.0. The summed E-state index contributed by atoms with van der Waals surface area (Å²) >= 11 is 0. The van der Waals surface area contributed by atoms with Gasteiger partial charge in [0.25, 0.3) is 6.43 Å². The average molecular weight is 241 g/mol. The van der Waals surface area contributed by atoms with Crippen molar-refractivity contribution in [2.24, 2.45) is 0 Å². The summed E-state index contributed by atoms with van der Waals surface area (Å²) in [6.07, 6.45) is -3.10. The SMILES string of the molecule is COC(=O)Cc1cc(C#N)c(C(F)F)nc1N. The van der Waals surface area contributed by atoms with Crippen LogP contribution in [0.25, 0.3) is 0 Å². The molecule has 2 N–H and O–H groups in total. The lowest BCUT2D eigenvalue weighted by Gasteiger charge is -2.08.